The fourth-order valence-electron chi connectivity index (χ4n) is 6.87. The summed E-state index contributed by atoms with van der Waals surface area (Å²) in [7, 11) is 0. The molecule has 0 spiro atoms. The Balaban J connectivity index is 1.35. The van der Waals surface area contributed by atoms with Gasteiger partial charge in [0.05, 0.1) is 11.0 Å². The number of aromatic nitrogens is 4. The zero-order chi connectivity index (χ0) is 30.2. The van der Waals surface area contributed by atoms with Gasteiger partial charge in [0.15, 0.2) is 11.6 Å². The lowest BCUT2D eigenvalue weighted by atomic mass is 10.0. The van der Waals surface area contributed by atoms with Crippen molar-refractivity contribution < 1.29 is 0 Å². The van der Waals surface area contributed by atoms with Crippen molar-refractivity contribution in [1.82, 2.24) is 19.5 Å². The highest BCUT2D eigenvalue weighted by Crippen LogP contribution is 2.41. The normalized spacial score (nSPS) is 11.9. The van der Waals surface area contributed by atoms with Gasteiger partial charge in [-0.25, -0.2) is 4.98 Å². The minimum atomic E-state index is 0.603. The molecule has 0 saturated carbocycles. The molecule has 10 aromatic rings. The monoisotopic (exact) mass is 604 g/mol. The molecule has 3 heterocycles. The molecule has 0 radical (unpaired) electrons. The number of hydrogen-bond donors (Lipinski definition) is 0. The second-order valence-electron chi connectivity index (χ2n) is 11.7. The van der Waals surface area contributed by atoms with E-state index in [1.54, 1.807) is 11.3 Å². The highest BCUT2D eigenvalue weighted by Gasteiger charge is 2.20. The second-order valence-corrected chi connectivity index (χ2v) is 12.8. The fraction of sp³-hybridized carbons (Fsp3) is 0. The molecule has 0 aliphatic heterocycles. The molecule has 0 aliphatic carbocycles. The molecule has 7 aromatic carbocycles. The number of thiophene rings is 1. The average molecular weight is 605 g/mol. The molecule has 5 heteroatoms. The van der Waals surface area contributed by atoms with Gasteiger partial charge < -0.3 is 0 Å². The van der Waals surface area contributed by atoms with E-state index in [2.05, 4.69) is 132 Å². The van der Waals surface area contributed by atoms with Crippen molar-refractivity contribution in [2.24, 2.45) is 0 Å². The number of rotatable bonds is 3. The van der Waals surface area contributed by atoms with Crippen LogP contribution >= 0.6 is 11.3 Å². The summed E-state index contributed by atoms with van der Waals surface area (Å²) in [5, 5.41) is 9.52. The first-order chi connectivity index (χ1) is 22.8. The average Bonchev–Trinajstić information content (AvgIpc) is 3.65. The Bertz CT molecular complexity index is 2720. The first-order valence-electron chi connectivity index (χ1n) is 15.4. The van der Waals surface area contributed by atoms with Crippen molar-refractivity contribution in [2.45, 2.75) is 0 Å². The molecule has 214 valence electrons. The molecule has 10 rings (SSSR count). The lowest BCUT2D eigenvalue weighted by molar-refractivity contribution is 0.955. The quantitative estimate of drug-likeness (QED) is 0.201. The van der Waals surface area contributed by atoms with Gasteiger partial charge in [0, 0.05) is 42.1 Å². The van der Waals surface area contributed by atoms with Crippen LogP contribution in [0.2, 0.25) is 0 Å². The zero-order valence-electron chi connectivity index (χ0n) is 24.6. The molecule has 3 aromatic heterocycles. The van der Waals surface area contributed by atoms with Crippen LogP contribution in [0, 0.1) is 0 Å². The van der Waals surface area contributed by atoms with Crippen LogP contribution in [0.1, 0.15) is 0 Å². The van der Waals surface area contributed by atoms with Crippen LogP contribution in [-0.2, 0) is 0 Å². The first-order valence-corrected chi connectivity index (χ1v) is 16.2. The number of benzene rings is 7. The Hall–Kier alpha value is -5.91. The Morgan fingerprint density at radius 1 is 0.435 bits per heavy atom. The van der Waals surface area contributed by atoms with Gasteiger partial charge in [-0.15, -0.1) is 11.3 Å². The third kappa shape index (κ3) is 3.82. The van der Waals surface area contributed by atoms with Gasteiger partial charge in [0.2, 0.25) is 5.95 Å². The minimum Gasteiger partial charge on any atom is -0.278 e. The van der Waals surface area contributed by atoms with Crippen molar-refractivity contribution in [3.05, 3.63) is 146 Å². The van der Waals surface area contributed by atoms with Crippen LogP contribution in [0.25, 0.3) is 92.2 Å². The first kappa shape index (κ1) is 25.4. The SMILES string of the molecule is c1ccc(-c2nc(-c3cccc4sc5ccccc5c34)nc(-n3c4cc5ccccc5cc4c4cc5ccccc5cc43)n2)cc1. The molecule has 0 fully saturated rings. The van der Waals surface area contributed by atoms with Crippen LogP contribution in [0.15, 0.2) is 146 Å². The standard InChI is InChI=1S/C41H24N4S/c1-2-11-25(12-3-1)39-42-40(31-18-10-20-37-38(31)30-17-8-9-19-36(30)46-37)44-41(43-39)45-34-23-28-15-6-4-13-26(28)21-32(34)33-22-27-14-5-7-16-29(27)24-35(33)45/h1-24H. The van der Waals surface area contributed by atoms with E-state index in [4.69, 9.17) is 15.0 Å². The van der Waals surface area contributed by atoms with E-state index in [9.17, 15) is 0 Å². The third-order valence-corrected chi connectivity index (χ3v) is 10.1. The maximum Gasteiger partial charge on any atom is 0.238 e. The van der Waals surface area contributed by atoms with Crippen molar-refractivity contribution in [3.8, 4) is 28.7 Å². The van der Waals surface area contributed by atoms with Crippen LogP contribution in [0.4, 0.5) is 0 Å². The van der Waals surface area contributed by atoms with Crippen molar-refractivity contribution in [1.29, 1.82) is 0 Å². The van der Waals surface area contributed by atoms with Gasteiger partial charge in [-0.3, -0.25) is 4.57 Å². The minimum absolute atomic E-state index is 0.603. The van der Waals surface area contributed by atoms with Crippen molar-refractivity contribution in [2.75, 3.05) is 0 Å². The highest BCUT2D eigenvalue weighted by molar-refractivity contribution is 7.25. The van der Waals surface area contributed by atoms with Gasteiger partial charge in [-0.2, -0.15) is 9.97 Å². The smallest absolute Gasteiger partial charge is 0.238 e. The van der Waals surface area contributed by atoms with E-state index in [0.717, 1.165) is 22.2 Å². The summed E-state index contributed by atoms with van der Waals surface area (Å²) in [6, 6.07) is 51.5. The van der Waals surface area contributed by atoms with Gasteiger partial charge >= 0.3 is 0 Å². The van der Waals surface area contributed by atoms with Crippen LogP contribution in [0.5, 0.6) is 0 Å². The summed E-state index contributed by atoms with van der Waals surface area (Å²) in [6.07, 6.45) is 0. The summed E-state index contributed by atoms with van der Waals surface area (Å²) < 4.78 is 4.70. The van der Waals surface area contributed by atoms with E-state index in [1.807, 2.05) is 18.2 Å². The molecule has 0 unspecified atom stereocenters. The third-order valence-electron chi connectivity index (χ3n) is 9.00. The molecule has 0 atom stereocenters. The van der Waals surface area contributed by atoms with E-state index >= 15 is 0 Å². The van der Waals surface area contributed by atoms with Crippen molar-refractivity contribution >= 4 is 74.9 Å². The lowest BCUT2D eigenvalue weighted by Gasteiger charge is -2.12. The lowest BCUT2D eigenvalue weighted by Crippen LogP contribution is -2.06. The van der Waals surface area contributed by atoms with Crippen molar-refractivity contribution in [3.63, 3.8) is 0 Å². The number of hydrogen-bond acceptors (Lipinski definition) is 4. The van der Waals surface area contributed by atoms with E-state index in [0.29, 0.717) is 17.6 Å². The van der Waals surface area contributed by atoms with Crippen LogP contribution in [0.3, 0.4) is 0 Å². The predicted molar refractivity (Wildman–Crippen MR) is 193 cm³/mol. The molecule has 0 bridgehead atoms. The molecule has 0 N–H and O–H groups in total. The largest absolute Gasteiger partial charge is 0.278 e. The Labute approximate surface area is 267 Å². The highest BCUT2D eigenvalue weighted by atomic mass is 32.1. The molecular formula is C41H24N4S. The molecule has 46 heavy (non-hydrogen) atoms. The summed E-state index contributed by atoms with van der Waals surface area (Å²) in [5.41, 5.74) is 4.09. The van der Waals surface area contributed by atoms with Crippen LogP contribution in [-0.4, -0.2) is 19.5 Å². The Morgan fingerprint density at radius 2 is 1.00 bits per heavy atom. The maximum absolute atomic E-state index is 5.31. The van der Waals surface area contributed by atoms with Gasteiger partial charge in [0.25, 0.3) is 0 Å². The zero-order valence-corrected chi connectivity index (χ0v) is 25.4. The fourth-order valence-corrected chi connectivity index (χ4v) is 8.00. The molecule has 0 saturated heterocycles. The summed E-state index contributed by atoms with van der Waals surface area (Å²) in [4.78, 5) is 15.7. The van der Waals surface area contributed by atoms with E-state index in [-0.39, 0.29) is 0 Å². The van der Waals surface area contributed by atoms with Crippen LogP contribution < -0.4 is 0 Å². The predicted octanol–water partition coefficient (Wildman–Crippen LogP) is 11.0. The Morgan fingerprint density at radius 3 is 1.70 bits per heavy atom. The summed E-state index contributed by atoms with van der Waals surface area (Å²) >= 11 is 1.80. The van der Waals surface area contributed by atoms with Gasteiger partial charge in [0.1, 0.15) is 0 Å². The summed E-state index contributed by atoms with van der Waals surface area (Å²) in [5.74, 6) is 1.91. The molecular weight excluding hydrogens is 581 g/mol. The van der Waals surface area contributed by atoms with Gasteiger partial charge in [-0.1, -0.05) is 109 Å². The molecule has 0 amide bonds. The summed E-state index contributed by atoms with van der Waals surface area (Å²) in [6.45, 7) is 0. The molecule has 0 aliphatic rings. The van der Waals surface area contributed by atoms with Gasteiger partial charge in [-0.05, 0) is 57.9 Å². The molecule has 4 nitrogen and oxygen atoms in total. The number of nitrogens with zero attached hydrogens (tertiary/aromatic N) is 4. The topological polar surface area (TPSA) is 43.6 Å². The van der Waals surface area contributed by atoms with E-state index < -0.39 is 0 Å². The number of fused-ring (bicyclic) bond motifs is 8. The maximum atomic E-state index is 5.31. The second kappa shape index (κ2) is 9.80. The van der Waals surface area contributed by atoms with E-state index in [1.165, 1.54) is 52.5 Å². The Kier molecular flexibility index (Phi) is 5.41.